The number of amides is 2. The van der Waals surface area contributed by atoms with E-state index in [9.17, 15) is 14.4 Å². The number of halogens is 2. The summed E-state index contributed by atoms with van der Waals surface area (Å²) in [5.74, 6) is -1.28. The zero-order valence-electron chi connectivity index (χ0n) is 17.8. The molecule has 9 nitrogen and oxygen atoms in total. The van der Waals surface area contributed by atoms with E-state index in [4.69, 9.17) is 23.2 Å². The van der Waals surface area contributed by atoms with Crippen LogP contribution in [0.2, 0.25) is 10.2 Å². The van der Waals surface area contributed by atoms with Crippen molar-refractivity contribution in [1.29, 1.82) is 0 Å². The van der Waals surface area contributed by atoms with Crippen molar-refractivity contribution < 1.29 is 9.59 Å². The van der Waals surface area contributed by atoms with Gasteiger partial charge in [0.25, 0.3) is 17.4 Å². The fourth-order valence-electron chi connectivity index (χ4n) is 3.29. The summed E-state index contributed by atoms with van der Waals surface area (Å²) < 4.78 is 1.62. The maximum Gasteiger partial charge on any atom is 0.290 e. The van der Waals surface area contributed by atoms with E-state index in [1.54, 1.807) is 48.0 Å². The zero-order valence-corrected chi connectivity index (χ0v) is 19.3. The molecule has 0 bridgehead atoms. The molecule has 3 N–H and O–H groups in total. The third kappa shape index (κ3) is 5.00. The van der Waals surface area contributed by atoms with Gasteiger partial charge in [-0.25, -0.2) is 9.78 Å². The molecule has 0 saturated heterocycles. The summed E-state index contributed by atoms with van der Waals surface area (Å²) in [5, 5.41) is 12.2. The van der Waals surface area contributed by atoms with Gasteiger partial charge in [0.15, 0.2) is 5.69 Å². The number of rotatable bonds is 5. The van der Waals surface area contributed by atoms with E-state index >= 15 is 0 Å². The fraction of sp³-hybridized carbons (Fsp3) is 0.0870. The minimum Gasteiger partial charge on any atom is -0.268 e. The summed E-state index contributed by atoms with van der Waals surface area (Å²) in [6, 6.07) is 13.9. The Labute approximate surface area is 203 Å². The second kappa shape index (κ2) is 9.90. The average Bonchev–Trinajstić information content (AvgIpc) is 3.10. The Balaban J connectivity index is 1.42. The lowest BCUT2D eigenvalue weighted by molar-refractivity contribution is -0.117. The van der Waals surface area contributed by atoms with Crippen molar-refractivity contribution in [2.45, 2.75) is 13.5 Å². The number of nitrogens with zero attached hydrogens (tertiary/aromatic N) is 3. The summed E-state index contributed by atoms with van der Waals surface area (Å²) in [4.78, 5) is 36.6. The van der Waals surface area contributed by atoms with Gasteiger partial charge in [-0.05, 0) is 36.8 Å². The molecule has 0 aliphatic rings. The van der Waals surface area contributed by atoms with Crippen molar-refractivity contribution in [3.05, 3.63) is 97.7 Å². The van der Waals surface area contributed by atoms with E-state index in [0.29, 0.717) is 38.8 Å². The third-order valence-electron chi connectivity index (χ3n) is 4.97. The molecule has 34 heavy (non-hydrogen) atoms. The van der Waals surface area contributed by atoms with Crippen LogP contribution in [0.25, 0.3) is 16.8 Å². The first kappa shape index (κ1) is 23.2. The van der Waals surface area contributed by atoms with Crippen molar-refractivity contribution in [1.82, 2.24) is 30.8 Å². The Morgan fingerprint density at radius 2 is 1.76 bits per heavy atom. The van der Waals surface area contributed by atoms with E-state index in [0.717, 1.165) is 5.56 Å². The Hall–Kier alpha value is -3.95. The first-order chi connectivity index (χ1) is 16.3. The number of carbonyl (C=O) groups excluding carboxylic acids is 2. The van der Waals surface area contributed by atoms with E-state index in [-0.39, 0.29) is 5.69 Å². The number of hydrogen-bond acceptors (Lipinski definition) is 5. The Morgan fingerprint density at radius 1 is 1.06 bits per heavy atom. The predicted molar refractivity (Wildman–Crippen MR) is 130 cm³/mol. The topological polar surface area (TPSA) is 122 Å². The van der Waals surface area contributed by atoms with Crippen LogP contribution in [0.15, 0.2) is 59.4 Å². The number of benzene rings is 2. The fourth-order valence-corrected chi connectivity index (χ4v) is 3.71. The first-order valence-electron chi connectivity index (χ1n) is 10.1. The Bertz CT molecular complexity index is 1470. The normalized spacial score (nSPS) is 11.1. The molecule has 2 amide bonds. The average molecular weight is 497 g/mol. The maximum absolute atomic E-state index is 12.5. The van der Waals surface area contributed by atoms with Gasteiger partial charge in [0.2, 0.25) is 0 Å². The molecule has 11 heteroatoms. The number of hydrogen-bond donors (Lipinski definition) is 3. The number of aromatic amines is 1. The lowest BCUT2D eigenvalue weighted by atomic mass is 10.1. The van der Waals surface area contributed by atoms with Crippen LogP contribution in [-0.2, 0) is 11.3 Å². The highest BCUT2D eigenvalue weighted by Crippen LogP contribution is 2.22. The third-order valence-corrected chi connectivity index (χ3v) is 5.62. The monoisotopic (exact) mass is 496 g/mol. The molecule has 2 heterocycles. The highest BCUT2D eigenvalue weighted by molar-refractivity contribution is 6.31. The molecule has 172 valence electrons. The number of aryl methyl sites for hydroxylation is 1. The molecule has 0 radical (unpaired) electrons. The van der Waals surface area contributed by atoms with Crippen molar-refractivity contribution >= 4 is 51.9 Å². The van der Waals surface area contributed by atoms with E-state index in [2.05, 4.69) is 26.1 Å². The number of H-pyrrole nitrogens is 1. The summed E-state index contributed by atoms with van der Waals surface area (Å²) in [6.07, 6.45) is 2.74. The van der Waals surface area contributed by atoms with Crippen molar-refractivity contribution in [3.8, 4) is 0 Å². The Morgan fingerprint density at radius 3 is 2.50 bits per heavy atom. The summed E-state index contributed by atoms with van der Waals surface area (Å²) in [5.41, 5.74) is 6.30. The molecule has 4 rings (SSSR count). The van der Waals surface area contributed by atoms with Crippen LogP contribution >= 0.6 is 23.2 Å². The van der Waals surface area contributed by atoms with Gasteiger partial charge in [0.1, 0.15) is 5.15 Å². The van der Waals surface area contributed by atoms with Crippen LogP contribution in [0.5, 0.6) is 0 Å². The lowest BCUT2D eigenvalue weighted by Crippen LogP contribution is -2.41. The molecule has 4 aromatic rings. The van der Waals surface area contributed by atoms with Gasteiger partial charge in [-0.1, -0.05) is 53.5 Å². The van der Waals surface area contributed by atoms with E-state index < -0.39 is 17.4 Å². The van der Waals surface area contributed by atoms with Crippen LogP contribution in [-0.4, -0.2) is 31.8 Å². The molecule has 0 saturated carbocycles. The van der Waals surface area contributed by atoms with Crippen LogP contribution in [0.3, 0.4) is 0 Å². The summed E-state index contributed by atoms with van der Waals surface area (Å²) >= 11 is 12.4. The minimum absolute atomic E-state index is 0.0261. The molecular formula is C23H18Cl2N6O3. The van der Waals surface area contributed by atoms with Gasteiger partial charge in [0.05, 0.1) is 17.6 Å². The predicted octanol–water partition coefficient (Wildman–Crippen LogP) is 3.26. The SMILES string of the molecule is Cc1nn(Cc2ccc(Cl)cc2)c(Cl)c1/C=C/C(=O)NNC(=O)c1n[nH]c(=O)c2ccccc12. The quantitative estimate of drug-likeness (QED) is 0.289. The standard InChI is InChI=1S/C23H18Cl2N6O3/c1-13-16(21(25)31(30-13)12-14-6-8-15(24)9-7-14)10-11-19(32)26-29-23(34)20-17-4-2-3-5-18(17)22(33)28-27-20/h2-11H,12H2,1H3,(H,26,32)(H,28,33)(H,29,34)/b11-10+. The molecule has 0 atom stereocenters. The molecule has 0 fully saturated rings. The molecule has 0 aliphatic carbocycles. The number of aromatic nitrogens is 4. The number of carbonyl (C=O) groups is 2. The van der Waals surface area contributed by atoms with Gasteiger partial charge in [-0.3, -0.25) is 25.2 Å². The van der Waals surface area contributed by atoms with Crippen LogP contribution in [0.1, 0.15) is 27.3 Å². The number of fused-ring (bicyclic) bond motifs is 1. The highest BCUT2D eigenvalue weighted by Gasteiger charge is 2.15. The summed E-state index contributed by atoms with van der Waals surface area (Å²) in [6.45, 7) is 2.21. The van der Waals surface area contributed by atoms with Gasteiger partial charge >= 0.3 is 0 Å². The second-order valence-electron chi connectivity index (χ2n) is 7.30. The largest absolute Gasteiger partial charge is 0.290 e. The number of nitrogens with one attached hydrogen (secondary N) is 3. The number of hydrazine groups is 1. The molecule has 0 spiro atoms. The van der Waals surface area contributed by atoms with E-state index in [1.807, 2.05) is 12.1 Å². The lowest BCUT2D eigenvalue weighted by Gasteiger charge is -2.06. The van der Waals surface area contributed by atoms with Crippen molar-refractivity contribution in [2.75, 3.05) is 0 Å². The molecule has 0 aliphatic heterocycles. The smallest absolute Gasteiger partial charge is 0.268 e. The van der Waals surface area contributed by atoms with Gasteiger partial charge in [-0.2, -0.15) is 10.2 Å². The van der Waals surface area contributed by atoms with E-state index in [1.165, 1.54) is 12.2 Å². The second-order valence-corrected chi connectivity index (χ2v) is 8.09. The molecular weight excluding hydrogens is 479 g/mol. The highest BCUT2D eigenvalue weighted by atomic mass is 35.5. The molecule has 2 aromatic heterocycles. The van der Waals surface area contributed by atoms with Crippen LogP contribution < -0.4 is 16.4 Å². The van der Waals surface area contributed by atoms with Crippen molar-refractivity contribution in [2.24, 2.45) is 0 Å². The molecule has 2 aromatic carbocycles. The van der Waals surface area contributed by atoms with Gasteiger partial charge < -0.3 is 0 Å². The summed E-state index contributed by atoms with van der Waals surface area (Å²) in [7, 11) is 0. The van der Waals surface area contributed by atoms with Crippen LogP contribution in [0.4, 0.5) is 0 Å². The van der Waals surface area contributed by atoms with Gasteiger partial charge in [0, 0.05) is 22.0 Å². The Kier molecular flexibility index (Phi) is 6.76. The maximum atomic E-state index is 12.5. The van der Waals surface area contributed by atoms with Crippen LogP contribution in [0, 0.1) is 6.92 Å². The minimum atomic E-state index is -0.681. The molecule has 0 unspecified atom stereocenters. The van der Waals surface area contributed by atoms with Gasteiger partial charge in [-0.15, -0.1) is 0 Å². The first-order valence-corrected chi connectivity index (χ1v) is 10.8. The van der Waals surface area contributed by atoms with Crippen molar-refractivity contribution in [3.63, 3.8) is 0 Å². The zero-order chi connectivity index (χ0) is 24.2.